The minimum absolute atomic E-state index is 0.238. The minimum Gasteiger partial charge on any atom is -0.294 e. The monoisotopic (exact) mass is 178 g/mol. The molecule has 0 amide bonds. The first-order valence-electron chi connectivity index (χ1n) is 4.92. The van der Waals surface area contributed by atoms with Gasteiger partial charge in [-0.15, -0.1) is 0 Å². The van der Waals surface area contributed by atoms with Crippen LogP contribution in [0, 0.1) is 5.41 Å². The van der Waals surface area contributed by atoms with Crippen LogP contribution in [0.25, 0.3) is 0 Å². The van der Waals surface area contributed by atoms with E-state index < -0.39 is 0 Å². The third-order valence-electron chi connectivity index (χ3n) is 2.64. The quantitative estimate of drug-likeness (QED) is 0.634. The van der Waals surface area contributed by atoms with Gasteiger partial charge in [-0.05, 0) is 32.8 Å². The third-order valence-corrected chi connectivity index (χ3v) is 2.64. The van der Waals surface area contributed by atoms with Gasteiger partial charge < -0.3 is 0 Å². The van der Waals surface area contributed by atoms with Gasteiger partial charge in [-0.1, -0.05) is 31.1 Å². The van der Waals surface area contributed by atoms with Crippen LogP contribution in [0.15, 0.2) is 23.3 Å². The molecular weight excluding hydrogens is 160 g/mol. The van der Waals surface area contributed by atoms with Gasteiger partial charge in [-0.25, -0.2) is 0 Å². The highest BCUT2D eigenvalue weighted by Gasteiger charge is 2.32. The number of rotatable bonds is 2. The second-order valence-corrected chi connectivity index (χ2v) is 4.21. The maximum absolute atomic E-state index is 11.9. The van der Waals surface area contributed by atoms with E-state index in [0.29, 0.717) is 5.78 Å². The number of allylic oxidation sites excluding steroid dienone is 4. The van der Waals surface area contributed by atoms with E-state index in [1.807, 2.05) is 19.9 Å². The highest BCUT2D eigenvalue weighted by molar-refractivity contribution is 6.02. The molecule has 0 aromatic heterocycles. The fraction of sp³-hybridized carbons (Fsp3) is 0.583. The molecule has 0 N–H and O–H groups in total. The number of hydrogen-bond donors (Lipinski definition) is 0. The van der Waals surface area contributed by atoms with E-state index in [0.717, 1.165) is 18.4 Å². The van der Waals surface area contributed by atoms with Gasteiger partial charge in [0.25, 0.3) is 0 Å². The van der Waals surface area contributed by atoms with Crippen molar-refractivity contribution in [1.82, 2.24) is 0 Å². The summed E-state index contributed by atoms with van der Waals surface area (Å²) in [5.41, 5.74) is 1.88. The molecule has 0 spiro atoms. The lowest BCUT2D eigenvalue weighted by Gasteiger charge is -2.28. The molecule has 13 heavy (non-hydrogen) atoms. The van der Waals surface area contributed by atoms with E-state index in [4.69, 9.17) is 0 Å². The fourth-order valence-corrected chi connectivity index (χ4v) is 2.17. The number of carbonyl (C=O) groups excluding carboxylic acids is 1. The van der Waals surface area contributed by atoms with Crippen molar-refractivity contribution in [2.75, 3.05) is 0 Å². The maximum Gasteiger partial charge on any atom is 0.168 e. The molecule has 1 nitrogen and oxygen atoms in total. The summed E-state index contributed by atoms with van der Waals surface area (Å²) in [4.78, 5) is 11.9. The van der Waals surface area contributed by atoms with Crippen LogP contribution in [-0.2, 0) is 4.79 Å². The van der Waals surface area contributed by atoms with E-state index in [9.17, 15) is 4.79 Å². The summed E-state index contributed by atoms with van der Waals surface area (Å²) in [6.45, 7) is 8.13. The van der Waals surface area contributed by atoms with Crippen LogP contribution in [0.1, 0.15) is 40.5 Å². The van der Waals surface area contributed by atoms with Crippen LogP contribution < -0.4 is 0 Å². The van der Waals surface area contributed by atoms with Crippen molar-refractivity contribution in [3.63, 3.8) is 0 Å². The molecule has 0 aromatic carbocycles. The average molecular weight is 178 g/mol. The number of ketones is 1. The summed E-state index contributed by atoms with van der Waals surface area (Å²) < 4.78 is 0. The Labute approximate surface area is 80.5 Å². The highest BCUT2D eigenvalue weighted by Crippen LogP contribution is 2.34. The summed E-state index contributed by atoms with van der Waals surface area (Å²) in [5.74, 6) is 0.292. The number of Topliss-reactive ketones (excluding diaryl/α,β-unsaturated/α-hetero) is 1. The molecule has 1 heteroatoms. The summed E-state index contributed by atoms with van der Waals surface area (Å²) in [6.07, 6.45) is 6.08. The predicted molar refractivity (Wildman–Crippen MR) is 55.5 cm³/mol. The first kappa shape index (κ1) is 10.2. The van der Waals surface area contributed by atoms with Gasteiger partial charge in [0.05, 0.1) is 0 Å². The predicted octanol–water partition coefficient (Wildman–Crippen LogP) is 3.27. The Hall–Kier alpha value is -0.850. The van der Waals surface area contributed by atoms with Crippen molar-refractivity contribution in [2.45, 2.75) is 40.5 Å². The second-order valence-electron chi connectivity index (χ2n) is 4.21. The SMILES string of the molecule is CCCC1(C)C=C(C)C=C(C)C1=O. The largest absolute Gasteiger partial charge is 0.294 e. The molecule has 0 aromatic rings. The normalized spacial score (nSPS) is 28.5. The lowest BCUT2D eigenvalue weighted by Crippen LogP contribution is -2.28. The van der Waals surface area contributed by atoms with Crippen molar-refractivity contribution in [3.8, 4) is 0 Å². The molecule has 0 heterocycles. The minimum atomic E-state index is -0.238. The van der Waals surface area contributed by atoms with E-state index in [-0.39, 0.29) is 5.41 Å². The van der Waals surface area contributed by atoms with Crippen molar-refractivity contribution in [3.05, 3.63) is 23.3 Å². The third kappa shape index (κ3) is 1.90. The number of hydrogen-bond acceptors (Lipinski definition) is 1. The Morgan fingerprint density at radius 3 is 2.54 bits per heavy atom. The zero-order valence-corrected chi connectivity index (χ0v) is 8.98. The Morgan fingerprint density at radius 2 is 2.00 bits per heavy atom. The maximum atomic E-state index is 11.9. The second kappa shape index (κ2) is 3.49. The van der Waals surface area contributed by atoms with Gasteiger partial charge in [-0.3, -0.25) is 4.79 Å². The smallest absolute Gasteiger partial charge is 0.168 e. The molecule has 1 aliphatic rings. The molecular formula is C12H18O. The fourth-order valence-electron chi connectivity index (χ4n) is 2.17. The summed E-state index contributed by atoms with van der Waals surface area (Å²) in [5, 5.41) is 0. The molecule has 1 unspecified atom stereocenters. The van der Waals surface area contributed by atoms with Gasteiger partial charge in [0.1, 0.15) is 0 Å². The van der Waals surface area contributed by atoms with Gasteiger partial charge in [0.15, 0.2) is 5.78 Å². The first-order chi connectivity index (χ1) is 5.99. The molecule has 0 radical (unpaired) electrons. The molecule has 1 rings (SSSR count). The molecule has 0 bridgehead atoms. The van der Waals surface area contributed by atoms with Crippen LogP contribution in [0.5, 0.6) is 0 Å². The summed E-state index contributed by atoms with van der Waals surface area (Å²) >= 11 is 0. The Kier molecular flexibility index (Phi) is 2.74. The van der Waals surface area contributed by atoms with Gasteiger partial charge >= 0.3 is 0 Å². The van der Waals surface area contributed by atoms with E-state index >= 15 is 0 Å². The number of carbonyl (C=O) groups is 1. The standard InChI is InChI=1S/C12H18O/c1-5-6-12(4)8-9(2)7-10(3)11(12)13/h7-8H,5-6H2,1-4H3. The van der Waals surface area contributed by atoms with E-state index in [1.54, 1.807) is 0 Å². The molecule has 0 aliphatic heterocycles. The van der Waals surface area contributed by atoms with Gasteiger partial charge in [0.2, 0.25) is 0 Å². The topological polar surface area (TPSA) is 17.1 Å². The van der Waals surface area contributed by atoms with E-state index in [1.165, 1.54) is 5.57 Å². The summed E-state index contributed by atoms with van der Waals surface area (Å²) in [6, 6.07) is 0. The van der Waals surface area contributed by atoms with Crippen LogP contribution in [0.4, 0.5) is 0 Å². The first-order valence-corrected chi connectivity index (χ1v) is 4.92. The Balaban J connectivity index is 3.01. The van der Waals surface area contributed by atoms with Gasteiger partial charge in [-0.2, -0.15) is 0 Å². The molecule has 1 atom stereocenters. The van der Waals surface area contributed by atoms with Crippen LogP contribution in [0.3, 0.4) is 0 Å². The highest BCUT2D eigenvalue weighted by atomic mass is 16.1. The average Bonchev–Trinajstić information content (AvgIpc) is 2.00. The molecule has 0 saturated carbocycles. The van der Waals surface area contributed by atoms with Gasteiger partial charge in [0, 0.05) is 5.41 Å². The van der Waals surface area contributed by atoms with Crippen LogP contribution >= 0.6 is 0 Å². The van der Waals surface area contributed by atoms with Crippen molar-refractivity contribution in [1.29, 1.82) is 0 Å². The zero-order valence-electron chi connectivity index (χ0n) is 8.98. The zero-order chi connectivity index (χ0) is 10.1. The lowest BCUT2D eigenvalue weighted by atomic mass is 9.74. The molecule has 72 valence electrons. The van der Waals surface area contributed by atoms with E-state index in [2.05, 4.69) is 19.9 Å². The van der Waals surface area contributed by atoms with Crippen molar-refractivity contribution < 1.29 is 4.79 Å². The molecule has 1 aliphatic carbocycles. The van der Waals surface area contributed by atoms with Crippen molar-refractivity contribution >= 4 is 5.78 Å². The van der Waals surface area contributed by atoms with Crippen molar-refractivity contribution in [2.24, 2.45) is 5.41 Å². The Morgan fingerprint density at radius 1 is 1.38 bits per heavy atom. The summed E-state index contributed by atoms with van der Waals surface area (Å²) in [7, 11) is 0. The van der Waals surface area contributed by atoms with Crippen LogP contribution in [-0.4, -0.2) is 5.78 Å². The molecule has 0 saturated heterocycles. The lowest BCUT2D eigenvalue weighted by molar-refractivity contribution is -0.122. The van der Waals surface area contributed by atoms with Crippen LogP contribution in [0.2, 0.25) is 0 Å². The Bertz CT molecular complexity index is 283. The molecule has 0 fully saturated rings.